The minimum absolute atomic E-state index is 0.000565. The zero-order valence-electron chi connectivity index (χ0n) is 28.2. The molecule has 47 heavy (non-hydrogen) atoms. The van der Waals surface area contributed by atoms with Crippen LogP contribution in [0.25, 0.3) is 0 Å². The van der Waals surface area contributed by atoms with Crippen molar-refractivity contribution in [2.24, 2.45) is 5.92 Å². The number of nitrogens with zero attached hydrogens (tertiary/aromatic N) is 5. The van der Waals surface area contributed by atoms with Gasteiger partial charge in [0.15, 0.2) is 11.5 Å². The van der Waals surface area contributed by atoms with Crippen LogP contribution >= 0.6 is 0 Å². The summed E-state index contributed by atoms with van der Waals surface area (Å²) in [5.41, 5.74) is 2.72. The van der Waals surface area contributed by atoms with Crippen LogP contribution in [0.3, 0.4) is 0 Å². The standard InChI is InChI=1S/C35H47N5O7/c1-6-7-15-38(26-10-8-9-24(18-26)22-40(3,4)5)32(42)21-37-20-27(25-11-12-29-30(19-25)47-23-46-29)33(34(43)44)28(37)13-17-39-31(41)14-16-36(2)35(39)45/h8-12,18-19,27-28,33H,6-7,13-17,20-23H2,1-5H3/p+1/t27-,28+,33-/m1/s1. The summed E-state index contributed by atoms with van der Waals surface area (Å²) >= 11 is 0. The monoisotopic (exact) mass is 650 g/mol. The number of fused-ring (bicyclic) bond motifs is 1. The number of carboxylic acid groups (broad SMARTS) is 1. The third-order valence-electron chi connectivity index (χ3n) is 9.28. The fourth-order valence-electron chi connectivity index (χ4n) is 6.97. The van der Waals surface area contributed by atoms with Gasteiger partial charge in [0.1, 0.15) is 6.54 Å². The van der Waals surface area contributed by atoms with E-state index in [9.17, 15) is 24.3 Å². The summed E-state index contributed by atoms with van der Waals surface area (Å²) < 4.78 is 11.8. The zero-order chi connectivity index (χ0) is 33.9. The second kappa shape index (κ2) is 14.3. The third kappa shape index (κ3) is 7.87. The molecule has 0 aromatic heterocycles. The number of anilines is 1. The number of carbonyl (C=O) groups excluding carboxylic acids is 3. The van der Waals surface area contributed by atoms with E-state index in [0.717, 1.165) is 40.7 Å². The molecule has 12 nitrogen and oxygen atoms in total. The number of carboxylic acids is 1. The Morgan fingerprint density at radius 2 is 1.83 bits per heavy atom. The average Bonchev–Trinajstić information content (AvgIpc) is 3.63. The summed E-state index contributed by atoms with van der Waals surface area (Å²) in [5, 5.41) is 10.6. The molecule has 0 aliphatic carbocycles. The summed E-state index contributed by atoms with van der Waals surface area (Å²) in [6.07, 6.45) is 2.18. The van der Waals surface area contributed by atoms with Crippen LogP contribution in [-0.4, -0.2) is 122 Å². The van der Waals surface area contributed by atoms with E-state index < -0.39 is 23.8 Å². The number of quaternary nitrogens is 1. The van der Waals surface area contributed by atoms with Crippen LogP contribution in [0.2, 0.25) is 0 Å². The number of imide groups is 1. The van der Waals surface area contributed by atoms with Crippen molar-refractivity contribution in [3.05, 3.63) is 53.6 Å². The highest BCUT2D eigenvalue weighted by molar-refractivity contribution is 5.97. The van der Waals surface area contributed by atoms with Crippen molar-refractivity contribution in [2.45, 2.75) is 51.1 Å². The SMILES string of the molecule is CCCCN(C(=O)CN1C[C@H](c2ccc3c(c2)OCO3)[C@@H](C(=O)O)[C@@H]1CCN1C(=O)CCN(C)C1=O)c1cccc(C[N+](C)(C)C)c1. The van der Waals surface area contributed by atoms with E-state index in [0.29, 0.717) is 31.1 Å². The Kier molecular flexibility index (Phi) is 10.4. The van der Waals surface area contributed by atoms with E-state index in [1.165, 1.54) is 9.80 Å². The highest BCUT2D eigenvalue weighted by atomic mass is 16.7. The molecule has 3 aliphatic heterocycles. The summed E-state index contributed by atoms with van der Waals surface area (Å²) in [7, 11) is 8.02. The molecular weight excluding hydrogens is 602 g/mol. The van der Waals surface area contributed by atoms with E-state index in [4.69, 9.17) is 9.47 Å². The van der Waals surface area contributed by atoms with E-state index in [1.54, 1.807) is 13.1 Å². The summed E-state index contributed by atoms with van der Waals surface area (Å²) in [4.78, 5) is 59.3. The van der Waals surface area contributed by atoms with Crippen LogP contribution in [0.4, 0.5) is 10.5 Å². The number of hydrogen-bond donors (Lipinski definition) is 1. The maximum atomic E-state index is 14.2. The average molecular weight is 651 g/mol. The highest BCUT2D eigenvalue weighted by Crippen LogP contribution is 2.43. The van der Waals surface area contributed by atoms with Crippen molar-refractivity contribution < 1.29 is 38.2 Å². The van der Waals surface area contributed by atoms with Gasteiger partial charge in [-0.3, -0.25) is 24.2 Å². The normalized spacial score (nSPS) is 21.4. The molecule has 3 atom stereocenters. The number of carbonyl (C=O) groups is 4. The van der Waals surface area contributed by atoms with Crippen molar-refractivity contribution in [2.75, 3.05) is 72.6 Å². The van der Waals surface area contributed by atoms with E-state index in [-0.39, 0.29) is 50.6 Å². The lowest BCUT2D eigenvalue weighted by molar-refractivity contribution is -0.884. The molecular formula is C35H48N5O7+. The maximum Gasteiger partial charge on any atom is 0.326 e. The minimum atomic E-state index is -0.989. The second-order valence-electron chi connectivity index (χ2n) is 13.9. The molecule has 1 N–H and O–H groups in total. The van der Waals surface area contributed by atoms with Gasteiger partial charge in [-0.15, -0.1) is 0 Å². The van der Waals surface area contributed by atoms with Gasteiger partial charge in [-0.05, 0) is 42.7 Å². The number of aliphatic carboxylic acids is 1. The number of unbranched alkanes of at least 4 members (excludes halogenated alkanes) is 1. The number of urea groups is 1. The fraction of sp³-hybridized carbons (Fsp3) is 0.543. The van der Waals surface area contributed by atoms with Gasteiger partial charge in [-0.2, -0.15) is 0 Å². The van der Waals surface area contributed by atoms with Crippen molar-refractivity contribution >= 4 is 29.5 Å². The third-order valence-corrected chi connectivity index (χ3v) is 9.28. The maximum absolute atomic E-state index is 14.2. The van der Waals surface area contributed by atoms with E-state index >= 15 is 0 Å². The Bertz CT molecular complexity index is 1490. The molecule has 0 spiro atoms. The Hall–Kier alpha value is -4.16. The van der Waals surface area contributed by atoms with Crippen molar-refractivity contribution in [1.82, 2.24) is 14.7 Å². The zero-order valence-corrected chi connectivity index (χ0v) is 28.2. The topological polar surface area (TPSA) is 120 Å². The number of rotatable bonds is 13. The molecule has 0 radical (unpaired) electrons. The first kappa shape index (κ1) is 34.2. The lowest BCUT2D eigenvalue weighted by atomic mass is 9.84. The van der Waals surface area contributed by atoms with E-state index in [2.05, 4.69) is 40.2 Å². The van der Waals surface area contributed by atoms with Crippen molar-refractivity contribution in [3.63, 3.8) is 0 Å². The van der Waals surface area contributed by atoms with Crippen LogP contribution in [0.15, 0.2) is 42.5 Å². The van der Waals surface area contributed by atoms with Crippen molar-refractivity contribution in [1.29, 1.82) is 0 Å². The Morgan fingerprint density at radius 3 is 2.55 bits per heavy atom. The quantitative estimate of drug-likeness (QED) is 0.327. The fourth-order valence-corrected chi connectivity index (χ4v) is 6.97. The number of likely N-dealkylation sites (tertiary alicyclic amines) is 1. The van der Waals surface area contributed by atoms with Crippen LogP contribution in [0, 0.1) is 5.92 Å². The molecule has 2 aromatic rings. The van der Waals surface area contributed by atoms with Gasteiger partial charge in [0, 0.05) is 62.9 Å². The van der Waals surface area contributed by atoms with Gasteiger partial charge in [0.05, 0.1) is 33.6 Å². The molecule has 12 heteroatoms. The molecule has 0 saturated carbocycles. The van der Waals surface area contributed by atoms with Gasteiger partial charge in [-0.25, -0.2) is 4.79 Å². The lowest BCUT2D eigenvalue weighted by Gasteiger charge is -2.34. The predicted octanol–water partition coefficient (Wildman–Crippen LogP) is 3.60. The van der Waals surface area contributed by atoms with Crippen molar-refractivity contribution in [3.8, 4) is 11.5 Å². The van der Waals surface area contributed by atoms with Gasteiger partial charge < -0.3 is 28.9 Å². The summed E-state index contributed by atoms with van der Waals surface area (Å²) in [6, 6.07) is 12.5. The first-order valence-corrected chi connectivity index (χ1v) is 16.5. The second-order valence-corrected chi connectivity index (χ2v) is 13.9. The van der Waals surface area contributed by atoms with Gasteiger partial charge in [0.25, 0.3) is 0 Å². The molecule has 4 amide bonds. The number of amides is 4. The largest absolute Gasteiger partial charge is 0.481 e. The molecule has 0 unspecified atom stereocenters. The summed E-state index contributed by atoms with van der Waals surface area (Å²) in [6.45, 7) is 4.27. The van der Waals surface area contributed by atoms with Crippen LogP contribution in [0.1, 0.15) is 49.7 Å². The Balaban J connectivity index is 1.45. The van der Waals surface area contributed by atoms with E-state index in [1.807, 2.05) is 34.1 Å². The number of benzene rings is 2. The van der Waals surface area contributed by atoms with Crippen LogP contribution in [0.5, 0.6) is 11.5 Å². The molecule has 254 valence electrons. The molecule has 2 saturated heterocycles. The number of ether oxygens (including phenoxy) is 2. The minimum Gasteiger partial charge on any atom is -0.481 e. The predicted molar refractivity (Wildman–Crippen MR) is 176 cm³/mol. The van der Waals surface area contributed by atoms with Crippen LogP contribution in [-0.2, 0) is 20.9 Å². The van der Waals surface area contributed by atoms with Gasteiger partial charge >= 0.3 is 12.0 Å². The molecule has 2 fully saturated rings. The molecule has 0 bridgehead atoms. The highest BCUT2D eigenvalue weighted by Gasteiger charge is 2.48. The lowest BCUT2D eigenvalue weighted by Crippen LogP contribution is -2.52. The van der Waals surface area contributed by atoms with Gasteiger partial charge in [0.2, 0.25) is 18.6 Å². The Morgan fingerprint density at radius 1 is 1.06 bits per heavy atom. The summed E-state index contributed by atoms with van der Waals surface area (Å²) in [5.74, 6) is -1.55. The molecule has 2 aromatic carbocycles. The molecule has 3 heterocycles. The Labute approximate surface area is 277 Å². The smallest absolute Gasteiger partial charge is 0.326 e. The number of hydrogen-bond acceptors (Lipinski definition) is 7. The van der Waals surface area contributed by atoms with Gasteiger partial charge in [-0.1, -0.05) is 31.5 Å². The first-order valence-electron chi connectivity index (χ1n) is 16.5. The van der Waals surface area contributed by atoms with Crippen LogP contribution < -0.4 is 14.4 Å². The first-order chi connectivity index (χ1) is 22.4. The molecule has 5 rings (SSSR count). The molecule has 3 aliphatic rings.